The SMILES string of the molecule is O=C(O)C(F)(F)F.O=C(O)c1c(COC[C@@H]2CN(C(=O)c3cnn(Cc4ccc(F)cc4)c3)CC23CNC3)cccc1C1CCC(F)(F)CC1. The van der Waals surface area contributed by atoms with E-state index in [1.807, 2.05) is 4.90 Å². The number of carboxylic acid groups (broad SMARTS) is 2. The van der Waals surface area contributed by atoms with Crippen molar-refractivity contribution in [3.05, 3.63) is 88.5 Å². The number of nitrogens with one attached hydrogen (secondary N) is 1. The number of aliphatic carboxylic acids is 1. The Hall–Kier alpha value is -4.44. The maximum Gasteiger partial charge on any atom is 0.490 e. The Morgan fingerprint density at radius 1 is 1.02 bits per heavy atom. The standard InChI is InChI=1S/C32H35F3N4O4.C2HF3O2/c33-26-6-4-21(5-7-26)13-39-14-24(12-37-39)29(40)38-15-25(31(20-38)18-36-19-31)17-43-16-23-2-1-3-27(28(23)30(41)42)22-8-10-32(34,35)11-9-22;3-2(4,5)1(6)7/h1-7,12,14,22,25,36H,8-11,13,15-20H2,(H,41,42);(H,6,7)/t25-;/m0./s1. The van der Waals surface area contributed by atoms with Gasteiger partial charge in [-0.1, -0.05) is 30.3 Å². The maximum atomic E-state index is 13.7. The van der Waals surface area contributed by atoms with E-state index >= 15 is 0 Å². The number of halogens is 6. The third-order valence-electron chi connectivity index (χ3n) is 9.56. The molecule has 1 amide bonds. The van der Waals surface area contributed by atoms with Crippen molar-refractivity contribution in [1.82, 2.24) is 20.0 Å². The Morgan fingerprint density at radius 3 is 2.26 bits per heavy atom. The molecule has 3 aromatic rings. The van der Waals surface area contributed by atoms with Crippen LogP contribution in [0.2, 0.25) is 0 Å². The molecule has 50 heavy (non-hydrogen) atoms. The van der Waals surface area contributed by atoms with E-state index in [0.717, 1.165) is 18.7 Å². The largest absolute Gasteiger partial charge is 0.490 e. The summed E-state index contributed by atoms with van der Waals surface area (Å²) in [7, 11) is 0. The molecule has 1 aliphatic carbocycles. The van der Waals surface area contributed by atoms with E-state index in [-0.39, 0.29) is 66.8 Å². The third kappa shape index (κ3) is 8.64. The van der Waals surface area contributed by atoms with Crippen molar-refractivity contribution in [1.29, 1.82) is 0 Å². The van der Waals surface area contributed by atoms with E-state index in [1.54, 1.807) is 47.4 Å². The number of hydrogen-bond donors (Lipinski definition) is 3. The summed E-state index contributed by atoms with van der Waals surface area (Å²) < 4.78 is 80.2. The van der Waals surface area contributed by atoms with Gasteiger partial charge in [-0.2, -0.15) is 18.3 Å². The average Bonchev–Trinajstić information content (AvgIpc) is 3.67. The number of nitrogens with zero attached hydrogens (tertiary/aromatic N) is 3. The van der Waals surface area contributed by atoms with Crippen LogP contribution in [0.1, 0.15) is 69.0 Å². The summed E-state index contributed by atoms with van der Waals surface area (Å²) in [6.45, 7) is 3.47. The number of carbonyl (C=O) groups excluding carboxylic acids is 1. The van der Waals surface area contributed by atoms with Crippen molar-refractivity contribution in [2.45, 2.75) is 56.9 Å². The molecule has 3 heterocycles. The van der Waals surface area contributed by atoms with Gasteiger partial charge in [-0.25, -0.2) is 22.8 Å². The van der Waals surface area contributed by atoms with Gasteiger partial charge in [0.15, 0.2) is 0 Å². The molecule has 1 spiro atoms. The molecule has 10 nitrogen and oxygen atoms in total. The van der Waals surface area contributed by atoms with Crippen LogP contribution in [-0.2, 0) is 22.7 Å². The molecule has 2 aromatic carbocycles. The fourth-order valence-corrected chi connectivity index (χ4v) is 6.79. The average molecular weight is 711 g/mol. The van der Waals surface area contributed by atoms with Crippen LogP contribution in [0.5, 0.6) is 0 Å². The molecule has 3 N–H and O–H groups in total. The molecule has 2 aliphatic heterocycles. The Bertz CT molecular complexity index is 1680. The second-order valence-corrected chi connectivity index (χ2v) is 13.0. The molecule has 1 aromatic heterocycles. The van der Waals surface area contributed by atoms with Crippen molar-refractivity contribution in [2.75, 3.05) is 32.8 Å². The zero-order valence-electron chi connectivity index (χ0n) is 26.8. The van der Waals surface area contributed by atoms with Gasteiger partial charge in [0.1, 0.15) is 5.82 Å². The van der Waals surface area contributed by atoms with Crippen molar-refractivity contribution in [3.63, 3.8) is 0 Å². The van der Waals surface area contributed by atoms with Crippen molar-refractivity contribution < 1.29 is 55.7 Å². The Morgan fingerprint density at radius 2 is 1.68 bits per heavy atom. The number of aromatic nitrogens is 2. The predicted molar refractivity (Wildman–Crippen MR) is 165 cm³/mol. The Kier molecular flexibility index (Phi) is 10.9. The molecule has 6 rings (SSSR count). The summed E-state index contributed by atoms with van der Waals surface area (Å²) in [5, 5.41) is 24.8. The van der Waals surface area contributed by atoms with Gasteiger partial charge < -0.3 is 25.2 Å². The first-order valence-electron chi connectivity index (χ1n) is 15.9. The first-order valence-corrected chi connectivity index (χ1v) is 15.9. The lowest BCUT2D eigenvalue weighted by molar-refractivity contribution is -0.192. The molecule has 0 radical (unpaired) electrons. The van der Waals surface area contributed by atoms with Gasteiger partial charge in [-0.15, -0.1) is 0 Å². The van der Waals surface area contributed by atoms with Gasteiger partial charge in [0.05, 0.1) is 37.1 Å². The summed E-state index contributed by atoms with van der Waals surface area (Å²) >= 11 is 0. The second kappa shape index (κ2) is 14.8. The van der Waals surface area contributed by atoms with Crippen molar-refractivity contribution in [2.24, 2.45) is 11.3 Å². The third-order valence-corrected chi connectivity index (χ3v) is 9.56. The van der Waals surface area contributed by atoms with E-state index in [9.17, 15) is 41.0 Å². The van der Waals surface area contributed by atoms with Crippen LogP contribution in [0.4, 0.5) is 26.3 Å². The van der Waals surface area contributed by atoms with Gasteiger partial charge in [0.25, 0.3) is 5.91 Å². The van der Waals surface area contributed by atoms with Crippen LogP contribution in [0.15, 0.2) is 54.9 Å². The Balaban J connectivity index is 0.000000630. The molecule has 0 unspecified atom stereocenters. The quantitative estimate of drug-likeness (QED) is 0.246. The molecule has 3 fully saturated rings. The lowest BCUT2D eigenvalue weighted by atomic mass is 9.73. The minimum Gasteiger partial charge on any atom is -0.478 e. The molecule has 16 heteroatoms. The summed E-state index contributed by atoms with van der Waals surface area (Å²) in [6.07, 6.45) is -1.79. The molecule has 3 aliphatic rings. The highest BCUT2D eigenvalue weighted by atomic mass is 19.4. The summed E-state index contributed by atoms with van der Waals surface area (Å²) in [5.41, 5.74) is 2.51. The van der Waals surface area contributed by atoms with E-state index in [2.05, 4.69) is 10.4 Å². The summed E-state index contributed by atoms with van der Waals surface area (Å²) in [6, 6.07) is 11.4. The van der Waals surface area contributed by atoms with E-state index < -0.39 is 24.0 Å². The highest BCUT2D eigenvalue weighted by Crippen LogP contribution is 2.43. The van der Waals surface area contributed by atoms with Crippen LogP contribution >= 0.6 is 0 Å². The number of benzene rings is 2. The number of carboxylic acids is 2. The number of likely N-dealkylation sites (tertiary alicyclic amines) is 1. The molecular weight excluding hydrogens is 674 g/mol. The zero-order chi connectivity index (χ0) is 36.3. The number of carbonyl (C=O) groups is 3. The molecular formula is C34H36F6N4O6. The summed E-state index contributed by atoms with van der Waals surface area (Å²) in [5.74, 6) is -7.10. The fraction of sp³-hybridized carbons (Fsp3) is 0.471. The van der Waals surface area contributed by atoms with Crippen molar-refractivity contribution >= 4 is 17.8 Å². The Labute approximate surface area is 283 Å². The lowest BCUT2D eigenvalue weighted by Crippen LogP contribution is -2.58. The summed E-state index contributed by atoms with van der Waals surface area (Å²) in [4.78, 5) is 36.4. The molecule has 0 bridgehead atoms. The fourth-order valence-electron chi connectivity index (χ4n) is 6.79. The van der Waals surface area contributed by atoms with E-state index in [0.29, 0.717) is 42.9 Å². The number of aromatic carboxylic acids is 1. The number of rotatable bonds is 9. The topological polar surface area (TPSA) is 134 Å². The monoisotopic (exact) mass is 710 g/mol. The van der Waals surface area contributed by atoms with Crippen LogP contribution < -0.4 is 5.32 Å². The van der Waals surface area contributed by atoms with Crippen molar-refractivity contribution in [3.8, 4) is 0 Å². The second-order valence-electron chi connectivity index (χ2n) is 13.0. The number of ether oxygens (including phenoxy) is 1. The van der Waals surface area contributed by atoms with Gasteiger partial charge in [0, 0.05) is 56.6 Å². The van der Waals surface area contributed by atoms with Crippen LogP contribution in [-0.4, -0.2) is 87.6 Å². The highest BCUT2D eigenvalue weighted by molar-refractivity contribution is 5.94. The molecule has 270 valence electrons. The van der Waals surface area contributed by atoms with Gasteiger partial charge >= 0.3 is 18.1 Å². The maximum absolute atomic E-state index is 13.7. The molecule has 1 saturated carbocycles. The predicted octanol–water partition coefficient (Wildman–Crippen LogP) is 5.57. The minimum absolute atomic E-state index is 0.0593. The lowest BCUT2D eigenvalue weighted by Gasteiger charge is -2.43. The number of hydrogen-bond acceptors (Lipinski definition) is 6. The first-order chi connectivity index (χ1) is 23.6. The van der Waals surface area contributed by atoms with Gasteiger partial charge in [-0.05, 0) is 47.6 Å². The normalized spacial score (nSPS) is 19.8. The van der Waals surface area contributed by atoms with Crippen LogP contribution in [0.25, 0.3) is 0 Å². The first kappa shape index (κ1) is 36.8. The smallest absolute Gasteiger partial charge is 0.478 e. The van der Waals surface area contributed by atoms with E-state index in [4.69, 9.17) is 14.6 Å². The van der Waals surface area contributed by atoms with E-state index in [1.165, 1.54) is 12.1 Å². The molecule has 2 saturated heterocycles. The molecule has 1 atom stereocenters. The van der Waals surface area contributed by atoms with Crippen LogP contribution in [0, 0.1) is 17.2 Å². The zero-order valence-corrected chi connectivity index (χ0v) is 26.8. The van der Waals surface area contributed by atoms with Gasteiger partial charge in [-0.3, -0.25) is 9.48 Å². The van der Waals surface area contributed by atoms with Crippen LogP contribution in [0.3, 0.4) is 0 Å². The number of alkyl halides is 5. The highest BCUT2D eigenvalue weighted by Gasteiger charge is 2.52. The van der Waals surface area contributed by atoms with Gasteiger partial charge in [0.2, 0.25) is 5.92 Å². The number of amides is 1. The minimum atomic E-state index is -5.08.